The zero-order valence-electron chi connectivity index (χ0n) is 13.3. The van der Waals surface area contributed by atoms with Crippen molar-refractivity contribution in [2.75, 3.05) is 13.2 Å². The van der Waals surface area contributed by atoms with Gasteiger partial charge in [-0.1, -0.05) is 25.2 Å². The molecule has 0 bridgehead atoms. The van der Waals surface area contributed by atoms with Gasteiger partial charge in [-0.3, -0.25) is 4.79 Å². The fraction of sp³-hybridized carbons (Fsp3) is 0.500. The highest BCUT2D eigenvalue weighted by Gasteiger charge is 2.29. The summed E-state index contributed by atoms with van der Waals surface area (Å²) in [4.78, 5) is 12.2. The van der Waals surface area contributed by atoms with E-state index in [0.29, 0.717) is 18.4 Å². The molecule has 1 aliphatic rings. The van der Waals surface area contributed by atoms with Crippen LogP contribution in [0.1, 0.15) is 48.0 Å². The third-order valence-electron chi connectivity index (χ3n) is 4.15. The van der Waals surface area contributed by atoms with Crippen molar-refractivity contribution in [1.82, 2.24) is 5.32 Å². The number of halogens is 1. The van der Waals surface area contributed by atoms with Gasteiger partial charge in [0.15, 0.2) is 11.6 Å². The first-order chi connectivity index (χ1) is 10.9. The van der Waals surface area contributed by atoms with Gasteiger partial charge in [0.1, 0.15) is 6.61 Å². The van der Waals surface area contributed by atoms with Crippen LogP contribution in [0.2, 0.25) is 0 Å². The lowest BCUT2D eigenvalue weighted by atomic mass is 9.85. The van der Waals surface area contributed by atoms with Gasteiger partial charge in [-0.15, -0.1) is 6.42 Å². The van der Waals surface area contributed by atoms with E-state index >= 15 is 0 Å². The van der Waals surface area contributed by atoms with Crippen LogP contribution in [0.4, 0.5) is 4.39 Å². The molecular formula is C18H22FNO3. The topological polar surface area (TPSA) is 58.6 Å². The molecule has 0 radical (unpaired) electrons. The molecule has 0 unspecified atom stereocenters. The van der Waals surface area contributed by atoms with Gasteiger partial charge in [-0.25, -0.2) is 4.39 Å². The molecular weight excluding hydrogens is 297 g/mol. The highest BCUT2D eigenvalue weighted by atomic mass is 19.1. The number of hydrogen-bond acceptors (Lipinski definition) is 3. The van der Waals surface area contributed by atoms with Gasteiger partial charge in [-0.05, 0) is 37.5 Å². The van der Waals surface area contributed by atoms with E-state index in [1.807, 2.05) is 0 Å². The van der Waals surface area contributed by atoms with E-state index in [1.165, 1.54) is 0 Å². The predicted molar refractivity (Wildman–Crippen MR) is 85.8 cm³/mol. The summed E-state index contributed by atoms with van der Waals surface area (Å²) in [6, 6.07) is 2.67. The second kappa shape index (κ2) is 7.47. The Morgan fingerprint density at radius 1 is 1.43 bits per heavy atom. The van der Waals surface area contributed by atoms with Gasteiger partial charge < -0.3 is 15.2 Å². The molecule has 1 aromatic carbocycles. The fourth-order valence-electron chi connectivity index (χ4n) is 2.89. The summed E-state index contributed by atoms with van der Waals surface area (Å²) in [6.07, 6.45) is 9.48. The molecule has 2 rings (SSSR count). The summed E-state index contributed by atoms with van der Waals surface area (Å²) in [5, 5.41) is 13.1. The number of aryl methyl sites for hydroxylation is 1. The Bertz CT molecular complexity index is 592. The lowest BCUT2D eigenvalue weighted by molar-refractivity contribution is 0.00525. The van der Waals surface area contributed by atoms with Crippen LogP contribution in [-0.4, -0.2) is 29.8 Å². The van der Waals surface area contributed by atoms with Crippen LogP contribution < -0.4 is 10.1 Å². The molecule has 1 fully saturated rings. The average molecular weight is 319 g/mol. The molecule has 4 nitrogen and oxygen atoms in total. The summed E-state index contributed by atoms with van der Waals surface area (Å²) in [7, 11) is 0. The fourth-order valence-corrected chi connectivity index (χ4v) is 2.89. The smallest absolute Gasteiger partial charge is 0.251 e. The molecule has 124 valence electrons. The first kappa shape index (κ1) is 17.3. The quantitative estimate of drug-likeness (QED) is 0.820. The highest BCUT2D eigenvalue weighted by molar-refractivity contribution is 5.94. The number of aliphatic hydroxyl groups is 1. The van der Waals surface area contributed by atoms with Gasteiger partial charge in [0, 0.05) is 12.1 Å². The minimum atomic E-state index is -0.850. The molecule has 1 saturated carbocycles. The Kier molecular flexibility index (Phi) is 5.62. The summed E-state index contributed by atoms with van der Waals surface area (Å²) in [5.74, 6) is 1.30. The number of carbonyl (C=O) groups is 1. The van der Waals surface area contributed by atoms with E-state index in [-0.39, 0.29) is 24.5 Å². The van der Waals surface area contributed by atoms with Crippen molar-refractivity contribution >= 4 is 5.91 Å². The number of ether oxygens (including phenoxy) is 1. The minimum Gasteiger partial charge on any atom is -0.478 e. The molecule has 5 heteroatoms. The van der Waals surface area contributed by atoms with E-state index < -0.39 is 17.3 Å². The lowest BCUT2D eigenvalue weighted by Crippen LogP contribution is -2.44. The van der Waals surface area contributed by atoms with Crippen LogP contribution in [0, 0.1) is 25.1 Å². The van der Waals surface area contributed by atoms with Crippen molar-refractivity contribution in [2.45, 2.75) is 44.6 Å². The molecule has 23 heavy (non-hydrogen) atoms. The maximum Gasteiger partial charge on any atom is 0.251 e. The second-order valence-electron chi connectivity index (χ2n) is 6.06. The number of hydrogen-bond donors (Lipinski definition) is 2. The minimum absolute atomic E-state index is 0.0314. The van der Waals surface area contributed by atoms with E-state index in [1.54, 1.807) is 13.0 Å². The number of carbonyl (C=O) groups excluding carboxylic acids is 1. The number of nitrogens with one attached hydrogen (secondary N) is 1. The van der Waals surface area contributed by atoms with Gasteiger partial charge in [0.25, 0.3) is 5.91 Å². The number of terminal acetylenes is 1. The zero-order chi connectivity index (χ0) is 16.9. The SMILES string of the molecule is C#CCOc1c(C)cc(C(=O)NCC2(O)CCCCC2)cc1F. The summed E-state index contributed by atoms with van der Waals surface area (Å²) in [5.41, 5.74) is -0.147. The molecule has 2 N–H and O–H groups in total. The van der Waals surface area contributed by atoms with Crippen molar-refractivity contribution in [1.29, 1.82) is 0 Å². The molecule has 0 aliphatic heterocycles. The van der Waals surface area contributed by atoms with Crippen LogP contribution >= 0.6 is 0 Å². The Morgan fingerprint density at radius 2 is 2.13 bits per heavy atom. The van der Waals surface area contributed by atoms with Crippen LogP contribution in [0.15, 0.2) is 12.1 Å². The van der Waals surface area contributed by atoms with Crippen LogP contribution in [0.3, 0.4) is 0 Å². The van der Waals surface area contributed by atoms with Gasteiger partial charge in [0.2, 0.25) is 0 Å². The Labute approximate surface area is 136 Å². The molecule has 1 aliphatic carbocycles. The van der Waals surface area contributed by atoms with Crippen molar-refractivity contribution in [3.8, 4) is 18.1 Å². The monoisotopic (exact) mass is 319 g/mol. The molecule has 0 atom stereocenters. The van der Waals surface area contributed by atoms with E-state index in [4.69, 9.17) is 11.2 Å². The molecule has 0 heterocycles. The molecule has 1 amide bonds. The summed E-state index contributed by atoms with van der Waals surface area (Å²) < 4.78 is 19.2. The van der Waals surface area contributed by atoms with E-state index in [9.17, 15) is 14.3 Å². The maximum absolute atomic E-state index is 14.0. The standard InChI is InChI=1S/C18H22FNO3/c1-3-9-23-16-13(2)10-14(11-15(16)19)17(21)20-12-18(22)7-5-4-6-8-18/h1,10-11,22H,4-9,12H2,2H3,(H,20,21). The van der Waals surface area contributed by atoms with Crippen LogP contribution in [0.25, 0.3) is 0 Å². The Balaban J connectivity index is 2.03. The zero-order valence-corrected chi connectivity index (χ0v) is 13.3. The normalized spacial score (nSPS) is 16.4. The first-order valence-corrected chi connectivity index (χ1v) is 7.82. The number of amides is 1. The van der Waals surface area contributed by atoms with Crippen molar-refractivity contribution in [3.63, 3.8) is 0 Å². The predicted octanol–water partition coefficient (Wildman–Crippen LogP) is 2.57. The van der Waals surface area contributed by atoms with Crippen molar-refractivity contribution < 1.29 is 19.0 Å². The van der Waals surface area contributed by atoms with Gasteiger partial charge in [0.05, 0.1) is 5.60 Å². The van der Waals surface area contributed by atoms with Crippen molar-refractivity contribution in [3.05, 3.63) is 29.1 Å². The van der Waals surface area contributed by atoms with Gasteiger partial charge >= 0.3 is 0 Å². The number of rotatable bonds is 5. The van der Waals surface area contributed by atoms with Crippen LogP contribution in [0.5, 0.6) is 5.75 Å². The van der Waals surface area contributed by atoms with Crippen LogP contribution in [-0.2, 0) is 0 Å². The van der Waals surface area contributed by atoms with Crippen molar-refractivity contribution in [2.24, 2.45) is 0 Å². The largest absolute Gasteiger partial charge is 0.478 e. The lowest BCUT2D eigenvalue weighted by Gasteiger charge is -2.32. The molecule has 0 saturated heterocycles. The molecule has 0 spiro atoms. The second-order valence-corrected chi connectivity index (χ2v) is 6.06. The first-order valence-electron chi connectivity index (χ1n) is 7.82. The van der Waals surface area contributed by atoms with Gasteiger partial charge in [-0.2, -0.15) is 0 Å². The molecule has 1 aromatic rings. The van der Waals surface area contributed by atoms with E-state index in [2.05, 4.69) is 11.2 Å². The third kappa shape index (κ3) is 4.46. The average Bonchev–Trinajstić information content (AvgIpc) is 2.52. The Morgan fingerprint density at radius 3 is 2.74 bits per heavy atom. The Hall–Kier alpha value is -2.06. The molecule has 0 aromatic heterocycles. The summed E-state index contributed by atoms with van der Waals surface area (Å²) in [6.45, 7) is 1.80. The van der Waals surface area contributed by atoms with E-state index in [0.717, 1.165) is 25.3 Å². The third-order valence-corrected chi connectivity index (χ3v) is 4.15. The maximum atomic E-state index is 14.0. The summed E-state index contributed by atoms with van der Waals surface area (Å²) >= 11 is 0. The highest BCUT2D eigenvalue weighted by Crippen LogP contribution is 2.28. The number of benzene rings is 1.